The van der Waals surface area contributed by atoms with E-state index in [1.807, 2.05) is 0 Å². The van der Waals surface area contributed by atoms with Crippen LogP contribution in [-0.4, -0.2) is 29.8 Å². The van der Waals surface area contributed by atoms with Crippen LogP contribution >= 0.6 is 0 Å². The van der Waals surface area contributed by atoms with E-state index in [0.717, 1.165) is 22.6 Å². The molecule has 17 aromatic rings. The molecule has 0 bridgehead atoms. The maximum absolute atomic E-state index is 3.08. The summed E-state index contributed by atoms with van der Waals surface area (Å²) in [5, 5.41) is 18.2. The van der Waals surface area contributed by atoms with Crippen molar-refractivity contribution in [1.29, 1.82) is 0 Å². The monoisotopic (exact) mass is 1170 g/mol. The van der Waals surface area contributed by atoms with Crippen LogP contribution in [0, 0.1) is 0 Å². The van der Waals surface area contributed by atoms with Crippen molar-refractivity contribution in [3.8, 4) is 28.2 Å². The number of rotatable bonds is 12. The maximum Gasteiger partial charge on any atom is 0.180 e. The van der Waals surface area contributed by atoms with Crippen LogP contribution in [0.1, 0.15) is 0 Å². The van der Waals surface area contributed by atoms with Gasteiger partial charge in [0.2, 0.25) is 0 Å². The van der Waals surface area contributed by atoms with Gasteiger partial charge in [-0.3, -0.25) is 0 Å². The van der Waals surface area contributed by atoms with Gasteiger partial charge in [0.15, 0.2) is 16.1 Å². The van der Waals surface area contributed by atoms with Crippen LogP contribution < -0.4 is 41.5 Å². The second-order valence-corrected chi connectivity index (χ2v) is 31.1. The highest BCUT2D eigenvalue weighted by atomic mass is 28.3. The van der Waals surface area contributed by atoms with E-state index >= 15 is 0 Å². The number of hydrogen-bond acceptors (Lipinski definition) is 0. The highest BCUT2D eigenvalue weighted by Crippen LogP contribution is 2.38. The van der Waals surface area contributed by atoms with E-state index in [0.29, 0.717) is 0 Å². The van der Waals surface area contributed by atoms with Gasteiger partial charge in [-0.1, -0.05) is 285 Å². The number of para-hydroxylation sites is 4. The molecule has 3 heterocycles. The third kappa shape index (κ3) is 8.17. The van der Waals surface area contributed by atoms with Crippen LogP contribution in [0.15, 0.2) is 358 Å². The minimum Gasteiger partial charge on any atom is -0.309 e. The molecule has 3 nitrogen and oxygen atoms in total. The molecule has 0 amide bonds. The summed E-state index contributed by atoms with van der Waals surface area (Å²) < 4.78 is 7.50. The number of nitrogens with zero attached hydrogens (tertiary/aromatic N) is 3. The second-order valence-electron chi connectivity index (χ2n) is 23.5. The van der Waals surface area contributed by atoms with Crippen LogP contribution in [0.4, 0.5) is 0 Å². The molecule has 0 radical (unpaired) electrons. The average Bonchev–Trinajstić information content (AvgIpc) is 1.78. The minimum absolute atomic E-state index is 1.12. The molecule has 0 saturated carbocycles. The Labute approximate surface area is 519 Å². The van der Waals surface area contributed by atoms with Gasteiger partial charge in [0.05, 0.1) is 33.1 Å². The number of aromatic nitrogens is 3. The van der Waals surface area contributed by atoms with Crippen molar-refractivity contribution in [2.75, 3.05) is 0 Å². The third-order valence-corrected chi connectivity index (χ3v) is 28.5. The lowest BCUT2D eigenvalue weighted by molar-refractivity contribution is 1.17. The summed E-state index contributed by atoms with van der Waals surface area (Å²) in [5.41, 5.74) is 12.9. The zero-order valence-corrected chi connectivity index (χ0v) is 50.9. The van der Waals surface area contributed by atoms with Crippen LogP contribution in [0.3, 0.4) is 0 Å². The SMILES string of the molecule is c1ccc(-c2cccc([Si](c3ccccc3)(c3ccccc3)c3cccc4c3c3ccccc3n4-c3ccc4c(c3)c3ccccc3n4-c3cccc([Si](c4ccccc4)(c4ccccc4)c4cccc(-n5c6ccccc6c6ccccc65)c4)c3)c2)cc1. The Morgan fingerprint density at radius 3 is 1.01 bits per heavy atom. The molecular weight excluding hydrogens is 1110 g/mol. The van der Waals surface area contributed by atoms with E-state index in [1.54, 1.807) is 0 Å². The van der Waals surface area contributed by atoms with Crippen molar-refractivity contribution in [2.45, 2.75) is 0 Å². The zero-order chi connectivity index (χ0) is 58.9. The van der Waals surface area contributed by atoms with Crippen molar-refractivity contribution >= 4 is 123 Å². The Hall–Kier alpha value is -11.1. The van der Waals surface area contributed by atoms with Gasteiger partial charge in [0, 0.05) is 49.4 Å². The van der Waals surface area contributed by atoms with E-state index < -0.39 is 16.1 Å². The Kier molecular flexibility index (Phi) is 12.6. The number of benzene rings is 14. The van der Waals surface area contributed by atoms with Gasteiger partial charge < -0.3 is 13.7 Å². The van der Waals surface area contributed by atoms with E-state index in [-0.39, 0.29) is 0 Å². The predicted molar refractivity (Wildman–Crippen MR) is 382 cm³/mol. The number of fused-ring (bicyclic) bond motifs is 9. The fourth-order valence-electron chi connectivity index (χ4n) is 15.2. The summed E-state index contributed by atoms with van der Waals surface area (Å²) in [6.07, 6.45) is 0. The first-order chi connectivity index (χ1) is 44.2. The van der Waals surface area contributed by atoms with E-state index in [4.69, 9.17) is 0 Å². The molecule has 0 N–H and O–H groups in total. The van der Waals surface area contributed by atoms with Crippen molar-refractivity contribution < 1.29 is 0 Å². The molecule has 0 fully saturated rings. The van der Waals surface area contributed by atoms with E-state index in [2.05, 4.69) is 372 Å². The van der Waals surface area contributed by atoms with E-state index in [9.17, 15) is 0 Å². The first kappa shape index (κ1) is 52.3. The summed E-state index contributed by atoms with van der Waals surface area (Å²) in [6.45, 7) is 0. The largest absolute Gasteiger partial charge is 0.309 e. The molecule has 0 atom stereocenters. The van der Waals surface area contributed by atoms with Crippen LogP contribution in [-0.2, 0) is 0 Å². The lowest BCUT2D eigenvalue weighted by Crippen LogP contribution is -2.74. The normalized spacial score (nSPS) is 12.0. The van der Waals surface area contributed by atoms with Gasteiger partial charge >= 0.3 is 0 Å². The van der Waals surface area contributed by atoms with Gasteiger partial charge in [0.1, 0.15) is 0 Å². The summed E-state index contributed by atoms with van der Waals surface area (Å²) in [5.74, 6) is 0. The lowest BCUT2D eigenvalue weighted by atomic mass is 10.1. The van der Waals surface area contributed by atoms with Gasteiger partial charge in [0.25, 0.3) is 0 Å². The van der Waals surface area contributed by atoms with Crippen molar-refractivity contribution in [3.63, 3.8) is 0 Å². The summed E-state index contributed by atoms with van der Waals surface area (Å²) in [7, 11) is -6.17. The maximum atomic E-state index is 2.53. The lowest BCUT2D eigenvalue weighted by Gasteiger charge is -2.35. The number of hydrogen-bond donors (Lipinski definition) is 0. The Balaban J connectivity index is 0.872. The first-order valence-corrected chi connectivity index (χ1v) is 34.8. The van der Waals surface area contributed by atoms with Crippen LogP contribution in [0.2, 0.25) is 0 Å². The molecule has 0 unspecified atom stereocenters. The zero-order valence-electron chi connectivity index (χ0n) is 48.9. The quantitative estimate of drug-likeness (QED) is 0.0855. The van der Waals surface area contributed by atoms with Gasteiger partial charge in [-0.05, 0) is 125 Å². The molecule has 14 aromatic carbocycles. The molecular formula is C84H59N3Si2. The predicted octanol–water partition coefficient (Wildman–Crippen LogP) is 15.4. The average molecular weight is 1170 g/mol. The summed E-state index contributed by atoms with van der Waals surface area (Å²) in [4.78, 5) is 0. The molecule has 418 valence electrons. The Morgan fingerprint density at radius 2 is 0.506 bits per heavy atom. The molecule has 0 aliphatic heterocycles. The van der Waals surface area contributed by atoms with Crippen molar-refractivity contribution in [3.05, 3.63) is 358 Å². The smallest absolute Gasteiger partial charge is 0.180 e. The molecule has 17 rings (SSSR count). The minimum atomic E-state index is -3.08. The van der Waals surface area contributed by atoms with Gasteiger partial charge in [-0.15, -0.1) is 0 Å². The van der Waals surface area contributed by atoms with Crippen LogP contribution in [0.5, 0.6) is 0 Å². The first-order valence-electron chi connectivity index (χ1n) is 30.8. The molecule has 3 aromatic heterocycles. The second kappa shape index (κ2) is 21.4. The van der Waals surface area contributed by atoms with Crippen molar-refractivity contribution in [1.82, 2.24) is 13.7 Å². The highest BCUT2D eigenvalue weighted by molar-refractivity contribution is 7.21. The molecule has 0 aliphatic rings. The summed E-state index contributed by atoms with van der Waals surface area (Å²) >= 11 is 0. The molecule has 5 heteroatoms. The Bertz CT molecular complexity index is 5360. The standard InChI is InChI=1S/C84H59N3Si2/c1-6-28-60(29-7-1)61-30-24-41-69(56-61)89(67-37-12-4-13-38-67,68-39-14-5-15-40-68)83-53-27-52-82-84(83)75-47-19-23-51-80(75)87(82)64-54-55-81-76(59-64)74-46-18-22-50-79(74)86(81)63-32-26-43-71(58-63)88(65-33-8-2-9-34-65,66-35-10-3-11-36-66)70-42-25-31-62(57-70)85-77-48-20-16-44-72(77)73-45-17-21-49-78(73)85/h1-59H. The fourth-order valence-corrected chi connectivity index (χ4v) is 25.1. The molecule has 89 heavy (non-hydrogen) atoms. The Morgan fingerprint density at radius 1 is 0.180 bits per heavy atom. The highest BCUT2D eigenvalue weighted by Gasteiger charge is 2.44. The van der Waals surface area contributed by atoms with Crippen LogP contribution in [0.25, 0.3) is 93.6 Å². The van der Waals surface area contributed by atoms with E-state index in [1.165, 1.54) is 113 Å². The molecule has 0 aliphatic carbocycles. The van der Waals surface area contributed by atoms with Crippen molar-refractivity contribution in [2.24, 2.45) is 0 Å². The topological polar surface area (TPSA) is 14.8 Å². The fraction of sp³-hybridized carbons (Fsp3) is 0. The third-order valence-electron chi connectivity index (χ3n) is 18.9. The molecule has 0 saturated heterocycles. The molecule has 0 spiro atoms. The van der Waals surface area contributed by atoms with Gasteiger partial charge in [-0.25, -0.2) is 0 Å². The summed E-state index contributed by atoms with van der Waals surface area (Å²) in [6, 6.07) is 135. The van der Waals surface area contributed by atoms with Gasteiger partial charge in [-0.2, -0.15) is 0 Å².